The number of carbonyl (C=O) groups is 3. The van der Waals surface area contributed by atoms with Crippen molar-refractivity contribution < 1.29 is 22.8 Å². The van der Waals surface area contributed by atoms with Crippen LogP contribution in [0.2, 0.25) is 10.0 Å². The second kappa shape index (κ2) is 10.8. The standard InChI is InChI=1S/C23H25Cl2N3O5S/c1-3-11-26-22(30)19(4-2)27(13-15-9-10-17(24)18(25)12-15)21(29)14-28-23(31)16-7-5-6-8-20(16)34(28,32)33/h5-10,12,19H,3-4,11,13-14H2,1-2H3,(H,26,30)/t19-/m0/s1. The molecule has 0 radical (unpaired) electrons. The molecule has 1 aliphatic heterocycles. The van der Waals surface area contributed by atoms with E-state index in [4.69, 9.17) is 23.2 Å². The molecule has 0 saturated carbocycles. The fraction of sp³-hybridized carbons (Fsp3) is 0.348. The molecule has 8 nitrogen and oxygen atoms in total. The summed E-state index contributed by atoms with van der Waals surface area (Å²) in [5, 5.41) is 3.40. The number of nitrogens with one attached hydrogen (secondary N) is 1. The number of fused-ring (bicyclic) bond motifs is 1. The predicted octanol–water partition coefficient (Wildman–Crippen LogP) is 3.47. The van der Waals surface area contributed by atoms with Crippen LogP contribution in [0.1, 0.15) is 42.6 Å². The van der Waals surface area contributed by atoms with Gasteiger partial charge in [0.15, 0.2) is 0 Å². The van der Waals surface area contributed by atoms with Crippen LogP contribution in [0.15, 0.2) is 47.4 Å². The number of nitrogens with zero attached hydrogens (tertiary/aromatic N) is 2. The van der Waals surface area contributed by atoms with Gasteiger partial charge in [-0.2, -0.15) is 0 Å². The molecule has 1 atom stereocenters. The van der Waals surface area contributed by atoms with Crippen LogP contribution in [0, 0.1) is 0 Å². The molecule has 34 heavy (non-hydrogen) atoms. The zero-order chi connectivity index (χ0) is 25.0. The zero-order valence-corrected chi connectivity index (χ0v) is 21.1. The van der Waals surface area contributed by atoms with E-state index >= 15 is 0 Å². The third-order valence-corrected chi connectivity index (χ3v) is 7.99. The molecule has 1 N–H and O–H groups in total. The summed E-state index contributed by atoms with van der Waals surface area (Å²) >= 11 is 12.1. The quantitative estimate of drug-likeness (QED) is 0.539. The van der Waals surface area contributed by atoms with Crippen molar-refractivity contribution in [1.82, 2.24) is 14.5 Å². The minimum absolute atomic E-state index is 0.0130. The lowest BCUT2D eigenvalue weighted by Crippen LogP contribution is -2.52. The minimum atomic E-state index is -4.18. The van der Waals surface area contributed by atoms with Crippen molar-refractivity contribution in [3.05, 3.63) is 63.6 Å². The summed E-state index contributed by atoms with van der Waals surface area (Å²) in [6, 6.07) is 9.73. The number of hydrogen-bond donors (Lipinski definition) is 1. The largest absolute Gasteiger partial charge is 0.354 e. The van der Waals surface area contributed by atoms with Crippen LogP contribution >= 0.6 is 23.2 Å². The van der Waals surface area contributed by atoms with Gasteiger partial charge in [-0.3, -0.25) is 14.4 Å². The Morgan fingerprint density at radius 1 is 1.09 bits per heavy atom. The summed E-state index contributed by atoms with van der Waals surface area (Å²) < 4.78 is 26.4. The van der Waals surface area contributed by atoms with Gasteiger partial charge in [-0.25, -0.2) is 12.7 Å². The van der Waals surface area contributed by atoms with Crippen molar-refractivity contribution >= 4 is 50.9 Å². The third-order valence-electron chi connectivity index (χ3n) is 5.46. The molecule has 3 amide bonds. The van der Waals surface area contributed by atoms with Crippen LogP contribution in [-0.4, -0.2) is 54.5 Å². The Bertz CT molecular complexity index is 1220. The molecule has 182 valence electrons. The molecule has 2 aromatic carbocycles. The van der Waals surface area contributed by atoms with Crippen molar-refractivity contribution in [2.24, 2.45) is 0 Å². The number of halogens is 2. The number of carbonyl (C=O) groups excluding carboxylic acids is 3. The van der Waals surface area contributed by atoms with E-state index in [1.54, 1.807) is 31.2 Å². The van der Waals surface area contributed by atoms with E-state index in [1.165, 1.54) is 23.1 Å². The number of benzene rings is 2. The number of hydrogen-bond acceptors (Lipinski definition) is 5. The second-order valence-corrected chi connectivity index (χ2v) is 10.4. The first kappa shape index (κ1) is 26.0. The molecule has 0 unspecified atom stereocenters. The smallest absolute Gasteiger partial charge is 0.269 e. The van der Waals surface area contributed by atoms with Gasteiger partial charge >= 0.3 is 0 Å². The van der Waals surface area contributed by atoms with Gasteiger partial charge in [0.05, 0.1) is 15.6 Å². The van der Waals surface area contributed by atoms with Crippen LogP contribution in [0.4, 0.5) is 0 Å². The summed E-state index contributed by atoms with van der Waals surface area (Å²) in [5.74, 6) is -1.83. The number of rotatable bonds is 9. The first-order chi connectivity index (χ1) is 16.1. The fourth-order valence-corrected chi connectivity index (χ4v) is 5.56. The maximum absolute atomic E-state index is 13.4. The Hall–Kier alpha value is -2.62. The molecule has 11 heteroatoms. The number of sulfonamides is 1. The van der Waals surface area contributed by atoms with Crippen molar-refractivity contribution in [1.29, 1.82) is 0 Å². The molecule has 0 saturated heterocycles. The summed E-state index contributed by atoms with van der Waals surface area (Å²) in [4.78, 5) is 40.2. The molecular weight excluding hydrogens is 501 g/mol. The topological polar surface area (TPSA) is 104 Å². The summed E-state index contributed by atoms with van der Waals surface area (Å²) in [6.45, 7) is 3.33. The highest BCUT2D eigenvalue weighted by Crippen LogP contribution is 2.30. The predicted molar refractivity (Wildman–Crippen MR) is 129 cm³/mol. The normalized spacial score (nSPS) is 15.1. The molecule has 0 bridgehead atoms. The van der Waals surface area contributed by atoms with Gasteiger partial charge in [0.25, 0.3) is 15.9 Å². The van der Waals surface area contributed by atoms with Gasteiger partial charge in [0.2, 0.25) is 11.8 Å². The van der Waals surface area contributed by atoms with E-state index < -0.39 is 34.4 Å². The van der Waals surface area contributed by atoms with E-state index in [9.17, 15) is 22.8 Å². The Kier molecular flexibility index (Phi) is 8.22. The lowest BCUT2D eigenvalue weighted by atomic mass is 10.1. The molecule has 1 heterocycles. The molecule has 2 aromatic rings. The maximum atomic E-state index is 13.4. The van der Waals surface area contributed by atoms with E-state index in [0.29, 0.717) is 27.9 Å². The van der Waals surface area contributed by atoms with Gasteiger partial charge in [-0.1, -0.05) is 55.2 Å². The highest BCUT2D eigenvalue weighted by atomic mass is 35.5. The molecule has 0 aromatic heterocycles. The molecule has 1 aliphatic rings. The van der Waals surface area contributed by atoms with E-state index in [1.807, 2.05) is 6.92 Å². The van der Waals surface area contributed by atoms with Gasteiger partial charge in [0.1, 0.15) is 17.5 Å². The maximum Gasteiger partial charge on any atom is 0.269 e. The zero-order valence-electron chi connectivity index (χ0n) is 18.8. The molecule has 3 rings (SSSR count). The van der Waals surface area contributed by atoms with Gasteiger partial charge in [0, 0.05) is 13.1 Å². The number of amides is 3. The second-order valence-electron chi connectivity index (χ2n) is 7.80. The minimum Gasteiger partial charge on any atom is -0.354 e. The summed E-state index contributed by atoms with van der Waals surface area (Å²) in [5.41, 5.74) is 0.613. The summed E-state index contributed by atoms with van der Waals surface area (Å²) in [7, 11) is -4.18. The monoisotopic (exact) mass is 525 g/mol. The average molecular weight is 526 g/mol. The highest BCUT2D eigenvalue weighted by molar-refractivity contribution is 7.90. The van der Waals surface area contributed by atoms with Crippen molar-refractivity contribution in [2.75, 3.05) is 13.1 Å². The Labute approximate surface area is 208 Å². The molecular formula is C23H25Cl2N3O5S. The first-order valence-electron chi connectivity index (χ1n) is 10.8. The molecule has 0 aliphatic carbocycles. The van der Waals surface area contributed by atoms with Crippen molar-refractivity contribution in [2.45, 2.75) is 44.2 Å². The lowest BCUT2D eigenvalue weighted by Gasteiger charge is -2.31. The average Bonchev–Trinajstić information content (AvgIpc) is 3.00. The van der Waals surface area contributed by atoms with Crippen molar-refractivity contribution in [3.63, 3.8) is 0 Å². The van der Waals surface area contributed by atoms with Crippen LogP contribution in [0.3, 0.4) is 0 Å². The SMILES string of the molecule is CCCNC(=O)[C@H](CC)N(Cc1ccc(Cl)c(Cl)c1)C(=O)CN1C(=O)c2ccccc2S1(=O)=O. The van der Waals surface area contributed by atoms with E-state index in [0.717, 1.165) is 0 Å². The Morgan fingerprint density at radius 3 is 2.41 bits per heavy atom. The Morgan fingerprint density at radius 2 is 1.79 bits per heavy atom. The Balaban J connectivity index is 1.93. The van der Waals surface area contributed by atoms with Gasteiger partial charge in [-0.15, -0.1) is 0 Å². The van der Waals surface area contributed by atoms with E-state index in [-0.39, 0.29) is 34.4 Å². The van der Waals surface area contributed by atoms with Crippen LogP contribution < -0.4 is 5.32 Å². The third kappa shape index (κ3) is 5.21. The first-order valence-corrected chi connectivity index (χ1v) is 13.0. The lowest BCUT2D eigenvalue weighted by molar-refractivity contribution is -0.141. The van der Waals surface area contributed by atoms with Crippen molar-refractivity contribution in [3.8, 4) is 0 Å². The summed E-state index contributed by atoms with van der Waals surface area (Å²) in [6.07, 6.45) is 0.991. The van der Waals surface area contributed by atoms with E-state index in [2.05, 4.69) is 5.32 Å². The van der Waals surface area contributed by atoms with Gasteiger partial charge < -0.3 is 10.2 Å². The fourth-order valence-electron chi connectivity index (χ4n) is 3.72. The van der Waals surface area contributed by atoms with Crippen LogP contribution in [-0.2, 0) is 26.2 Å². The van der Waals surface area contributed by atoms with Crippen LogP contribution in [0.25, 0.3) is 0 Å². The molecule has 0 fully saturated rings. The molecule has 0 spiro atoms. The van der Waals surface area contributed by atoms with Crippen LogP contribution in [0.5, 0.6) is 0 Å². The van der Waals surface area contributed by atoms with Gasteiger partial charge in [-0.05, 0) is 42.7 Å². The highest BCUT2D eigenvalue weighted by Gasteiger charge is 2.43.